The summed E-state index contributed by atoms with van der Waals surface area (Å²) in [4.78, 5) is 4.77. The van der Waals surface area contributed by atoms with Gasteiger partial charge in [-0.2, -0.15) is 0 Å². The second kappa shape index (κ2) is 7.75. The molecule has 0 bridgehead atoms. The number of likely N-dealkylation sites (tertiary alicyclic amines) is 1. The van der Waals surface area contributed by atoms with Gasteiger partial charge < -0.3 is 15.0 Å². The Bertz CT molecular complexity index is 655. The first-order valence-corrected chi connectivity index (χ1v) is 8.06. The van der Waals surface area contributed by atoms with Crippen LogP contribution in [0.1, 0.15) is 12.8 Å². The molecular weight excluding hydrogens is 359 g/mol. The number of aromatic nitrogens is 1. The second-order valence-electron chi connectivity index (χ2n) is 4.53. The van der Waals surface area contributed by atoms with Gasteiger partial charge in [-0.3, -0.25) is 0 Å². The SMILES string of the molecule is [Cl][Cu+].[O-]c1[nH]c2ccccc2c1N=NC(=S)N1CCCC1. The van der Waals surface area contributed by atoms with Crippen LogP contribution in [0.15, 0.2) is 34.5 Å². The minimum absolute atomic E-state index is 0.228. The Balaban J connectivity index is 0.000000774. The molecule has 5 nitrogen and oxygen atoms in total. The van der Waals surface area contributed by atoms with E-state index >= 15 is 0 Å². The number of thiocarbonyl (C=S) groups is 1. The number of aromatic amines is 1. The van der Waals surface area contributed by atoms with E-state index in [9.17, 15) is 5.11 Å². The number of benzene rings is 1. The Morgan fingerprint density at radius 2 is 1.95 bits per heavy atom. The summed E-state index contributed by atoms with van der Waals surface area (Å²) < 4.78 is 0. The average Bonchev–Trinajstić information content (AvgIpc) is 3.14. The minimum Gasteiger partial charge on any atom is -0.859 e. The van der Waals surface area contributed by atoms with Gasteiger partial charge >= 0.3 is 25.2 Å². The van der Waals surface area contributed by atoms with E-state index in [0.717, 1.165) is 36.8 Å². The standard InChI is InChI=1S/C13H14N4OS.ClH.Cu/c18-12-11(9-5-1-2-6-10(9)14-12)15-16-13(19)17-7-3-4-8-17;;/h1-2,5-6,14,18H,3-4,7-8H2;1H;/q;;+2/p-2. The van der Waals surface area contributed by atoms with Crippen molar-refractivity contribution in [3.8, 4) is 5.88 Å². The van der Waals surface area contributed by atoms with E-state index in [1.807, 2.05) is 29.2 Å². The van der Waals surface area contributed by atoms with Gasteiger partial charge in [0.25, 0.3) is 0 Å². The fraction of sp³-hybridized carbons (Fsp3) is 0.308. The third kappa shape index (κ3) is 3.74. The largest absolute Gasteiger partial charge is 0.859 e. The molecule has 21 heavy (non-hydrogen) atoms. The zero-order valence-corrected chi connectivity index (χ0v) is 13.5. The van der Waals surface area contributed by atoms with E-state index in [1.54, 1.807) is 0 Å². The molecule has 2 aromatic rings. The molecule has 1 fully saturated rings. The van der Waals surface area contributed by atoms with Crippen molar-refractivity contribution in [2.45, 2.75) is 12.8 Å². The summed E-state index contributed by atoms with van der Waals surface area (Å²) >= 11 is 8.87. The summed E-state index contributed by atoms with van der Waals surface area (Å²) in [5.74, 6) is -0.228. The molecule has 1 saturated heterocycles. The zero-order valence-electron chi connectivity index (χ0n) is 11.0. The predicted octanol–water partition coefficient (Wildman–Crippen LogP) is 3.39. The predicted molar refractivity (Wildman–Crippen MR) is 81.5 cm³/mol. The normalized spacial score (nSPS) is 14.5. The van der Waals surface area contributed by atoms with Gasteiger partial charge in [-0.1, -0.05) is 18.2 Å². The number of H-pyrrole nitrogens is 1. The summed E-state index contributed by atoms with van der Waals surface area (Å²) in [6.45, 7) is 1.85. The Kier molecular flexibility index (Phi) is 5.99. The molecule has 2 heterocycles. The number of hydrogen-bond acceptors (Lipinski definition) is 3. The average molecular weight is 372 g/mol. The molecule has 0 aliphatic carbocycles. The minimum atomic E-state index is -0.228. The quantitative estimate of drug-likeness (QED) is 0.474. The van der Waals surface area contributed by atoms with Crippen LogP contribution in [0.3, 0.4) is 0 Å². The van der Waals surface area contributed by atoms with Crippen LogP contribution in [-0.4, -0.2) is 28.1 Å². The van der Waals surface area contributed by atoms with Gasteiger partial charge in [0.05, 0.1) is 0 Å². The molecule has 115 valence electrons. The van der Waals surface area contributed by atoms with E-state index in [2.05, 4.69) is 40.4 Å². The molecule has 1 aromatic heterocycles. The molecule has 0 saturated carbocycles. The molecule has 3 rings (SSSR count). The van der Waals surface area contributed by atoms with Crippen molar-refractivity contribution < 1.29 is 20.2 Å². The molecule has 1 aromatic carbocycles. The van der Waals surface area contributed by atoms with E-state index in [-0.39, 0.29) is 5.88 Å². The van der Waals surface area contributed by atoms with E-state index in [4.69, 9.17) is 12.2 Å². The fourth-order valence-electron chi connectivity index (χ4n) is 2.27. The van der Waals surface area contributed by atoms with Crippen molar-refractivity contribution in [2.75, 3.05) is 13.1 Å². The maximum Gasteiger partial charge on any atom is 0.216 e. The first-order chi connectivity index (χ1) is 10.3. The summed E-state index contributed by atoms with van der Waals surface area (Å²) in [5.41, 5.74) is 1.10. The number of halogens is 1. The molecule has 0 radical (unpaired) electrons. The summed E-state index contributed by atoms with van der Waals surface area (Å²) in [7, 11) is 4.20. The molecule has 1 N–H and O–H groups in total. The van der Waals surface area contributed by atoms with Gasteiger partial charge in [0.15, 0.2) is 0 Å². The Morgan fingerprint density at radius 1 is 1.29 bits per heavy atom. The van der Waals surface area contributed by atoms with Crippen LogP contribution in [0, 0.1) is 0 Å². The second-order valence-corrected chi connectivity index (χ2v) is 4.89. The van der Waals surface area contributed by atoms with Gasteiger partial charge in [-0.05, 0) is 37.0 Å². The first kappa shape index (κ1) is 16.2. The zero-order chi connectivity index (χ0) is 15.2. The van der Waals surface area contributed by atoms with Crippen molar-refractivity contribution >= 4 is 44.0 Å². The van der Waals surface area contributed by atoms with Gasteiger partial charge in [0.1, 0.15) is 5.69 Å². The van der Waals surface area contributed by atoms with Crippen molar-refractivity contribution in [1.82, 2.24) is 9.88 Å². The molecule has 1 aliphatic rings. The Labute approximate surface area is 140 Å². The number of rotatable bonds is 1. The third-order valence-corrected chi connectivity index (χ3v) is 3.60. The van der Waals surface area contributed by atoms with E-state index in [1.165, 1.54) is 0 Å². The van der Waals surface area contributed by atoms with Crippen molar-refractivity contribution in [2.24, 2.45) is 10.2 Å². The maximum absolute atomic E-state index is 11.8. The molecular formula is C13H13ClCuN4OS. The Morgan fingerprint density at radius 3 is 2.67 bits per heavy atom. The van der Waals surface area contributed by atoms with Crippen molar-refractivity contribution in [3.05, 3.63) is 24.3 Å². The van der Waals surface area contributed by atoms with Crippen molar-refractivity contribution in [3.63, 3.8) is 0 Å². The molecule has 0 unspecified atom stereocenters. The van der Waals surface area contributed by atoms with Crippen LogP contribution in [0.2, 0.25) is 0 Å². The van der Waals surface area contributed by atoms with Crippen LogP contribution in [0.25, 0.3) is 10.9 Å². The van der Waals surface area contributed by atoms with Crippen LogP contribution in [-0.2, 0) is 15.1 Å². The monoisotopic (exact) mass is 371 g/mol. The van der Waals surface area contributed by atoms with E-state index < -0.39 is 0 Å². The summed E-state index contributed by atoms with van der Waals surface area (Å²) in [6.07, 6.45) is 2.27. The van der Waals surface area contributed by atoms with E-state index in [0.29, 0.717) is 10.8 Å². The first-order valence-electron chi connectivity index (χ1n) is 6.35. The number of azo groups is 1. The van der Waals surface area contributed by atoms with Crippen LogP contribution in [0.5, 0.6) is 5.88 Å². The van der Waals surface area contributed by atoms with Gasteiger partial charge in [-0.15, -0.1) is 10.2 Å². The van der Waals surface area contributed by atoms with Crippen LogP contribution < -0.4 is 5.11 Å². The number of nitrogens with one attached hydrogen (secondary N) is 1. The molecule has 0 amide bonds. The van der Waals surface area contributed by atoms with Gasteiger partial charge in [-0.25, -0.2) is 0 Å². The maximum atomic E-state index is 11.8. The number of nitrogens with zero attached hydrogens (tertiary/aromatic N) is 3. The number of hydrogen-bond donors (Lipinski definition) is 1. The smallest absolute Gasteiger partial charge is 0.216 e. The summed E-state index contributed by atoms with van der Waals surface area (Å²) in [5, 5.41) is 21.1. The van der Waals surface area contributed by atoms with Crippen molar-refractivity contribution in [1.29, 1.82) is 0 Å². The number of para-hydroxylation sites is 1. The van der Waals surface area contributed by atoms with Gasteiger partial charge in [0.2, 0.25) is 5.11 Å². The number of fused-ring (bicyclic) bond motifs is 1. The fourth-order valence-corrected chi connectivity index (χ4v) is 2.49. The Hall–Kier alpha value is -1.14. The summed E-state index contributed by atoms with van der Waals surface area (Å²) in [6, 6.07) is 7.43. The van der Waals surface area contributed by atoms with Crippen LogP contribution >= 0.6 is 22.3 Å². The van der Waals surface area contributed by atoms with Gasteiger partial charge in [0, 0.05) is 24.0 Å². The molecule has 1 aliphatic heterocycles. The topological polar surface area (TPSA) is 66.8 Å². The molecule has 8 heteroatoms. The molecule has 0 spiro atoms. The van der Waals surface area contributed by atoms with Crippen LogP contribution in [0.4, 0.5) is 5.69 Å². The third-order valence-electron chi connectivity index (χ3n) is 3.26. The molecule has 0 atom stereocenters.